The molecule has 2 aliphatic rings. The highest BCUT2D eigenvalue weighted by Gasteiger charge is 2.47. The van der Waals surface area contributed by atoms with Gasteiger partial charge in [-0.3, -0.25) is 4.79 Å². The summed E-state index contributed by atoms with van der Waals surface area (Å²) in [6.45, 7) is 3.35. The molecule has 0 spiro atoms. The molecule has 0 radical (unpaired) electrons. The standard InChI is InChI=1S/C28H28ClFN2O3/c1-2-6-18-15-21(31)11-12-23(18)28(19-7-9-20(29)10-8-19)34-25-16-22(24(30)17-26(25)35-28)27(33)32-13-4-3-5-14-32/h7-12,15-17H,2-6,13-14,31H2,1H3. The quantitative estimate of drug-likeness (QED) is 0.422. The molecule has 1 amide bonds. The lowest BCUT2D eigenvalue weighted by Crippen LogP contribution is -2.38. The molecule has 5 rings (SSSR count). The van der Waals surface area contributed by atoms with E-state index in [2.05, 4.69) is 6.92 Å². The van der Waals surface area contributed by atoms with Gasteiger partial charge < -0.3 is 20.1 Å². The molecule has 1 saturated heterocycles. The van der Waals surface area contributed by atoms with E-state index in [0.717, 1.165) is 43.2 Å². The van der Waals surface area contributed by atoms with Crippen LogP contribution < -0.4 is 15.2 Å². The maximum atomic E-state index is 15.2. The summed E-state index contributed by atoms with van der Waals surface area (Å²) in [4.78, 5) is 14.8. The van der Waals surface area contributed by atoms with Crippen LogP contribution in [0.15, 0.2) is 54.6 Å². The van der Waals surface area contributed by atoms with Crippen LogP contribution in [0.5, 0.6) is 11.5 Å². The first-order valence-corrected chi connectivity index (χ1v) is 12.4. The lowest BCUT2D eigenvalue weighted by atomic mass is 9.90. The zero-order valence-electron chi connectivity index (χ0n) is 19.7. The molecular weight excluding hydrogens is 467 g/mol. The van der Waals surface area contributed by atoms with E-state index in [1.54, 1.807) is 23.1 Å². The number of fused-ring (bicyclic) bond motifs is 1. The van der Waals surface area contributed by atoms with Crippen LogP contribution in [0.4, 0.5) is 10.1 Å². The summed E-state index contributed by atoms with van der Waals surface area (Å²) in [5.41, 5.74) is 9.17. The second-order valence-electron chi connectivity index (χ2n) is 9.13. The van der Waals surface area contributed by atoms with Crippen LogP contribution in [0.3, 0.4) is 0 Å². The molecule has 1 unspecified atom stereocenters. The van der Waals surface area contributed by atoms with E-state index in [1.165, 1.54) is 12.1 Å². The van der Waals surface area contributed by atoms with E-state index < -0.39 is 11.6 Å². The molecule has 0 bridgehead atoms. The number of carbonyl (C=O) groups is 1. The minimum Gasteiger partial charge on any atom is -0.440 e. The molecule has 0 saturated carbocycles. The Morgan fingerprint density at radius 1 is 1.03 bits per heavy atom. The third kappa shape index (κ3) is 4.31. The molecule has 5 nitrogen and oxygen atoms in total. The van der Waals surface area contributed by atoms with Crippen molar-refractivity contribution in [1.29, 1.82) is 0 Å². The van der Waals surface area contributed by atoms with Crippen LogP contribution in [0, 0.1) is 5.82 Å². The van der Waals surface area contributed by atoms with Crippen LogP contribution in [0.2, 0.25) is 5.02 Å². The lowest BCUT2D eigenvalue weighted by molar-refractivity contribution is -0.0466. The van der Waals surface area contributed by atoms with E-state index in [0.29, 0.717) is 35.1 Å². The third-order valence-corrected chi connectivity index (χ3v) is 6.89. The number of hydrogen-bond donors (Lipinski definition) is 1. The number of likely N-dealkylation sites (tertiary alicyclic amines) is 1. The van der Waals surface area contributed by atoms with Crippen molar-refractivity contribution in [2.75, 3.05) is 18.8 Å². The van der Waals surface area contributed by atoms with Crippen LogP contribution in [0.25, 0.3) is 0 Å². The van der Waals surface area contributed by atoms with E-state index in [-0.39, 0.29) is 17.2 Å². The van der Waals surface area contributed by atoms with Crippen molar-refractivity contribution in [1.82, 2.24) is 4.90 Å². The predicted molar refractivity (Wildman–Crippen MR) is 134 cm³/mol. The highest BCUT2D eigenvalue weighted by atomic mass is 35.5. The van der Waals surface area contributed by atoms with Gasteiger partial charge in [-0.05, 0) is 79.8 Å². The number of rotatable bonds is 5. The normalized spacial score (nSPS) is 19.1. The average molecular weight is 495 g/mol. The Kier molecular flexibility index (Phi) is 6.32. The molecule has 7 heteroatoms. The molecule has 0 aromatic heterocycles. The van der Waals surface area contributed by atoms with Crippen LogP contribution in [-0.2, 0) is 12.2 Å². The average Bonchev–Trinajstić information content (AvgIpc) is 3.23. The summed E-state index contributed by atoms with van der Waals surface area (Å²) in [6, 6.07) is 15.5. The van der Waals surface area contributed by atoms with Crippen molar-refractivity contribution < 1.29 is 18.7 Å². The van der Waals surface area contributed by atoms with Gasteiger partial charge in [0, 0.05) is 41.0 Å². The molecule has 182 valence electrons. The monoisotopic (exact) mass is 494 g/mol. The molecule has 2 heterocycles. The number of carbonyl (C=O) groups excluding carboxylic acids is 1. The molecular formula is C28H28ClFN2O3. The SMILES string of the molecule is CCCc1cc(N)ccc1C1(c2ccc(Cl)cc2)Oc2cc(F)c(C(=O)N3CCCCC3)cc2O1. The number of nitrogens with two attached hydrogens (primary N) is 1. The van der Waals surface area contributed by atoms with Crippen LogP contribution in [0.1, 0.15) is 59.7 Å². The van der Waals surface area contributed by atoms with Gasteiger partial charge in [0.1, 0.15) is 5.82 Å². The summed E-state index contributed by atoms with van der Waals surface area (Å²) < 4.78 is 28.1. The number of aryl methyl sites for hydroxylation is 1. The first-order chi connectivity index (χ1) is 16.9. The maximum Gasteiger partial charge on any atom is 0.305 e. The van der Waals surface area contributed by atoms with Gasteiger partial charge in [0.2, 0.25) is 0 Å². The number of hydrogen-bond acceptors (Lipinski definition) is 4. The highest BCUT2D eigenvalue weighted by Crippen LogP contribution is 2.49. The summed E-state index contributed by atoms with van der Waals surface area (Å²) in [5.74, 6) is -1.75. The molecule has 2 aliphatic heterocycles. The summed E-state index contributed by atoms with van der Waals surface area (Å²) in [5, 5.41) is 0.575. The number of nitrogens with zero attached hydrogens (tertiary/aromatic N) is 1. The fourth-order valence-corrected chi connectivity index (χ4v) is 5.05. The van der Waals surface area contributed by atoms with Gasteiger partial charge in [-0.15, -0.1) is 0 Å². The molecule has 1 atom stereocenters. The highest BCUT2D eigenvalue weighted by molar-refractivity contribution is 6.30. The number of anilines is 1. The fourth-order valence-electron chi connectivity index (χ4n) is 4.92. The zero-order valence-corrected chi connectivity index (χ0v) is 20.4. The minimum absolute atomic E-state index is 0.00718. The van der Waals surface area contributed by atoms with Crippen LogP contribution >= 0.6 is 11.6 Å². The van der Waals surface area contributed by atoms with Crippen molar-refractivity contribution in [3.63, 3.8) is 0 Å². The first kappa shape index (κ1) is 23.5. The number of nitrogen functional groups attached to an aromatic ring is 1. The fraction of sp³-hybridized carbons (Fsp3) is 0.321. The van der Waals surface area contributed by atoms with Crippen molar-refractivity contribution in [3.05, 3.63) is 87.7 Å². The Morgan fingerprint density at radius 2 is 1.71 bits per heavy atom. The molecule has 2 N–H and O–H groups in total. The molecule has 1 fully saturated rings. The van der Waals surface area contributed by atoms with Gasteiger partial charge in [-0.2, -0.15) is 0 Å². The molecule has 3 aromatic carbocycles. The Balaban J connectivity index is 1.61. The smallest absolute Gasteiger partial charge is 0.305 e. The maximum absolute atomic E-state index is 15.2. The van der Waals surface area contributed by atoms with E-state index >= 15 is 4.39 Å². The van der Waals surface area contributed by atoms with E-state index in [4.69, 9.17) is 26.8 Å². The Morgan fingerprint density at radius 3 is 2.40 bits per heavy atom. The van der Waals surface area contributed by atoms with Crippen molar-refractivity contribution in [2.45, 2.75) is 44.8 Å². The number of ether oxygens (including phenoxy) is 2. The van der Waals surface area contributed by atoms with Crippen molar-refractivity contribution >= 4 is 23.2 Å². The number of amides is 1. The van der Waals surface area contributed by atoms with Gasteiger partial charge in [-0.25, -0.2) is 4.39 Å². The summed E-state index contributed by atoms with van der Waals surface area (Å²) in [7, 11) is 0. The van der Waals surface area contributed by atoms with Crippen molar-refractivity contribution in [3.8, 4) is 11.5 Å². The second-order valence-corrected chi connectivity index (χ2v) is 9.56. The number of benzene rings is 3. The van der Waals surface area contributed by atoms with Gasteiger partial charge >= 0.3 is 5.79 Å². The number of halogens is 2. The third-order valence-electron chi connectivity index (χ3n) is 6.64. The Hall–Kier alpha value is -3.25. The summed E-state index contributed by atoms with van der Waals surface area (Å²) in [6.07, 6.45) is 4.58. The summed E-state index contributed by atoms with van der Waals surface area (Å²) >= 11 is 6.16. The van der Waals surface area contributed by atoms with E-state index in [9.17, 15) is 4.79 Å². The van der Waals surface area contributed by atoms with Gasteiger partial charge in [-0.1, -0.05) is 24.9 Å². The number of piperidine rings is 1. The first-order valence-electron chi connectivity index (χ1n) is 12.1. The second kappa shape index (κ2) is 9.42. The molecule has 0 aliphatic carbocycles. The minimum atomic E-state index is -1.37. The van der Waals surface area contributed by atoms with Crippen molar-refractivity contribution in [2.24, 2.45) is 0 Å². The van der Waals surface area contributed by atoms with Gasteiger partial charge in [0.05, 0.1) is 5.56 Å². The van der Waals surface area contributed by atoms with Gasteiger partial charge in [0.25, 0.3) is 5.91 Å². The Labute approximate surface area is 209 Å². The zero-order chi connectivity index (χ0) is 24.6. The van der Waals surface area contributed by atoms with Gasteiger partial charge in [0.15, 0.2) is 11.5 Å². The molecule has 35 heavy (non-hydrogen) atoms. The predicted octanol–water partition coefficient (Wildman–Crippen LogP) is 6.31. The van der Waals surface area contributed by atoms with Crippen LogP contribution in [-0.4, -0.2) is 23.9 Å². The lowest BCUT2D eigenvalue weighted by Gasteiger charge is -2.30. The largest absolute Gasteiger partial charge is 0.440 e. The topological polar surface area (TPSA) is 64.8 Å². The molecule has 3 aromatic rings. The van der Waals surface area contributed by atoms with E-state index in [1.807, 2.05) is 24.3 Å². The Bertz CT molecular complexity index is 1260.